The summed E-state index contributed by atoms with van der Waals surface area (Å²) in [6.07, 6.45) is 7.35. The fraction of sp³-hybridized carbons (Fsp3) is 0.562. The zero-order valence-corrected chi connectivity index (χ0v) is 22.1. The summed E-state index contributed by atoms with van der Waals surface area (Å²) in [6, 6.07) is 2.19. The minimum Gasteiger partial charge on any atom is -0.543 e. The second-order valence-corrected chi connectivity index (χ2v) is 7.18. The Balaban J connectivity index is 0. The predicted molar refractivity (Wildman–Crippen MR) is 94.8 cm³/mol. The molecule has 0 N–H and O–H groups in total. The Kier molecular flexibility index (Phi) is 19.3. The van der Waals surface area contributed by atoms with E-state index in [9.17, 15) is 0 Å². The summed E-state index contributed by atoms with van der Waals surface area (Å²) in [4.78, 5) is 20.2. The van der Waals surface area contributed by atoms with E-state index in [4.69, 9.17) is 25.1 Å². The number of aromatic nitrogens is 2. The molecule has 0 bridgehead atoms. The molecule has 0 saturated heterocycles. The molecule has 1 aliphatic rings. The van der Waals surface area contributed by atoms with Gasteiger partial charge in [0.15, 0.2) is 0 Å². The molecule has 1 aromatic rings. The molecule has 1 aromatic heterocycles. The fourth-order valence-electron chi connectivity index (χ4n) is 2.19. The molecule has 0 fully saturated rings. The normalized spacial score (nSPS) is 12.9. The average molecular weight is 442 g/mol. The Bertz CT molecular complexity index is 668. The van der Waals surface area contributed by atoms with E-state index in [0.717, 1.165) is 55.2 Å². The van der Waals surface area contributed by atoms with Crippen LogP contribution < -0.4 is 69.3 Å². The van der Waals surface area contributed by atoms with Gasteiger partial charge in [0.05, 0.1) is 29.7 Å². The Morgan fingerprint density at radius 3 is 2.50 bits per heavy atom. The maximum Gasteiger partial charge on any atom is 1.00 e. The number of hydrogen-bond donors (Lipinski definition) is 0. The SMILES string of the molecule is CN1CCC=C(c2nsnc2SCCCCCC#N)C1.O=C([O-])C(=O)[O-].[Na+].[Na+]. The van der Waals surface area contributed by atoms with Gasteiger partial charge in [-0.3, -0.25) is 0 Å². The summed E-state index contributed by atoms with van der Waals surface area (Å²) in [6.45, 7) is 2.10. The van der Waals surface area contributed by atoms with Crippen LogP contribution in [0.15, 0.2) is 11.1 Å². The van der Waals surface area contributed by atoms with Gasteiger partial charge in [0.1, 0.15) is 10.7 Å². The number of carbonyl (C=O) groups is 2. The molecule has 142 valence electrons. The zero-order valence-electron chi connectivity index (χ0n) is 16.5. The minimum absolute atomic E-state index is 0. The second-order valence-electron chi connectivity index (χ2n) is 5.57. The molecule has 28 heavy (non-hydrogen) atoms. The quantitative estimate of drug-likeness (QED) is 0.175. The van der Waals surface area contributed by atoms with Crippen LogP contribution in [0.25, 0.3) is 5.57 Å². The first-order chi connectivity index (χ1) is 12.5. The van der Waals surface area contributed by atoms with Crippen molar-refractivity contribution in [1.29, 1.82) is 5.26 Å². The van der Waals surface area contributed by atoms with E-state index in [2.05, 4.69) is 32.8 Å². The summed E-state index contributed by atoms with van der Waals surface area (Å²) in [7, 11) is 2.15. The number of hydrogen-bond acceptors (Lipinski definition) is 10. The van der Waals surface area contributed by atoms with Crippen LogP contribution in [0.3, 0.4) is 0 Å². The molecule has 0 aliphatic carbocycles. The standard InChI is InChI=1S/C14H20N4S2.C2H2O4.2Na/c1-18-9-6-7-12(11-18)13-14(17-20-16-13)19-10-5-3-2-4-8-15;3-1(4)2(5)6;;/h7H,2-6,9-11H2,1H3;(H,3,4)(H,5,6);;/q;;2*+1/p-2. The topological polar surface area (TPSA) is 133 Å². The molecule has 0 spiro atoms. The Hall–Kier alpha value is 0.0400. The van der Waals surface area contributed by atoms with Crippen molar-refractivity contribution < 1.29 is 78.9 Å². The first kappa shape index (κ1) is 30.2. The van der Waals surface area contributed by atoms with Crippen molar-refractivity contribution in [2.24, 2.45) is 0 Å². The number of rotatable bonds is 7. The molecule has 0 saturated carbocycles. The van der Waals surface area contributed by atoms with Gasteiger partial charge in [-0.15, -0.1) is 11.8 Å². The molecular formula is C16H20N4Na2O4S2. The van der Waals surface area contributed by atoms with Crippen LogP contribution in [0, 0.1) is 11.3 Å². The monoisotopic (exact) mass is 442 g/mol. The molecule has 2 heterocycles. The summed E-state index contributed by atoms with van der Waals surface area (Å²) >= 11 is 3.11. The first-order valence-corrected chi connectivity index (χ1v) is 9.79. The average Bonchev–Trinajstić information content (AvgIpc) is 3.07. The van der Waals surface area contributed by atoms with E-state index in [1.807, 2.05) is 0 Å². The molecule has 2 rings (SSSR count). The molecule has 0 radical (unpaired) electrons. The van der Waals surface area contributed by atoms with Crippen molar-refractivity contribution in [3.8, 4) is 6.07 Å². The van der Waals surface area contributed by atoms with Gasteiger partial charge in [-0.25, -0.2) is 0 Å². The third-order valence-electron chi connectivity index (χ3n) is 3.44. The number of carbonyl (C=O) groups excluding carboxylic acids is 2. The van der Waals surface area contributed by atoms with Gasteiger partial charge < -0.3 is 24.7 Å². The van der Waals surface area contributed by atoms with Gasteiger partial charge in [-0.05, 0) is 37.6 Å². The van der Waals surface area contributed by atoms with Gasteiger partial charge in [0.2, 0.25) is 0 Å². The number of unbranched alkanes of at least 4 members (excludes halogenated alkanes) is 3. The van der Waals surface area contributed by atoms with E-state index in [1.54, 1.807) is 11.8 Å². The van der Waals surface area contributed by atoms with Crippen LogP contribution in [0.1, 0.15) is 37.8 Å². The summed E-state index contributed by atoms with van der Waals surface area (Å²) in [5, 5.41) is 27.4. The smallest absolute Gasteiger partial charge is 0.543 e. The number of nitrogens with zero attached hydrogens (tertiary/aromatic N) is 4. The van der Waals surface area contributed by atoms with Crippen LogP contribution in [-0.2, 0) is 9.59 Å². The van der Waals surface area contributed by atoms with E-state index in [-0.39, 0.29) is 59.1 Å². The van der Waals surface area contributed by atoms with E-state index in [1.165, 1.54) is 17.3 Å². The van der Waals surface area contributed by atoms with Crippen molar-refractivity contribution in [1.82, 2.24) is 13.6 Å². The van der Waals surface area contributed by atoms with Crippen molar-refractivity contribution in [2.45, 2.75) is 37.1 Å². The van der Waals surface area contributed by atoms with Crippen molar-refractivity contribution in [2.75, 3.05) is 25.9 Å². The maximum atomic E-state index is 8.93. The largest absolute Gasteiger partial charge is 1.00 e. The molecule has 0 unspecified atom stereocenters. The van der Waals surface area contributed by atoms with Crippen molar-refractivity contribution in [3.05, 3.63) is 11.8 Å². The maximum absolute atomic E-state index is 8.93. The number of aliphatic carboxylic acids is 2. The van der Waals surface area contributed by atoms with Crippen LogP contribution in [0.2, 0.25) is 0 Å². The number of thioether (sulfide) groups is 1. The van der Waals surface area contributed by atoms with Gasteiger partial charge in [-0.1, -0.05) is 12.5 Å². The Morgan fingerprint density at radius 2 is 1.93 bits per heavy atom. The fourth-order valence-corrected chi connectivity index (χ4v) is 3.90. The first-order valence-electron chi connectivity index (χ1n) is 8.08. The third kappa shape index (κ3) is 12.6. The zero-order chi connectivity index (χ0) is 19.4. The number of nitriles is 1. The van der Waals surface area contributed by atoms with Crippen molar-refractivity contribution >= 4 is 41.0 Å². The van der Waals surface area contributed by atoms with Crippen LogP contribution in [-0.4, -0.2) is 51.5 Å². The number of likely N-dealkylation sites (N-methyl/N-ethyl adjacent to an activating group) is 1. The Morgan fingerprint density at radius 1 is 1.25 bits per heavy atom. The van der Waals surface area contributed by atoms with Crippen LogP contribution >= 0.6 is 23.5 Å². The summed E-state index contributed by atoms with van der Waals surface area (Å²) in [5.74, 6) is -3.31. The third-order valence-corrected chi connectivity index (χ3v) is 5.14. The van der Waals surface area contributed by atoms with E-state index >= 15 is 0 Å². The van der Waals surface area contributed by atoms with Crippen LogP contribution in [0.5, 0.6) is 0 Å². The van der Waals surface area contributed by atoms with Gasteiger partial charge >= 0.3 is 59.1 Å². The number of carboxylic acid groups (broad SMARTS) is 2. The molecular weight excluding hydrogens is 422 g/mol. The summed E-state index contributed by atoms with van der Waals surface area (Å²) in [5.41, 5.74) is 2.41. The molecule has 12 heteroatoms. The van der Waals surface area contributed by atoms with Gasteiger partial charge in [0.25, 0.3) is 0 Å². The second kappa shape index (κ2) is 17.9. The minimum atomic E-state index is -2.19. The van der Waals surface area contributed by atoms with E-state index < -0.39 is 11.9 Å². The van der Waals surface area contributed by atoms with E-state index in [0.29, 0.717) is 6.42 Å². The summed E-state index contributed by atoms with van der Waals surface area (Å²) < 4.78 is 8.91. The molecule has 8 nitrogen and oxygen atoms in total. The van der Waals surface area contributed by atoms with Crippen molar-refractivity contribution in [3.63, 3.8) is 0 Å². The predicted octanol–water partition coefficient (Wildman–Crippen LogP) is -6.07. The Labute approximate surface area is 217 Å². The molecule has 0 atom stereocenters. The van der Waals surface area contributed by atoms with Gasteiger partial charge in [0, 0.05) is 19.5 Å². The molecule has 1 aliphatic heterocycles. The molecule has 0 aromatic carbocycles. The number of carboxylic acids is 2. The van der Waals surface area contributed by atoms with Gasteiger partial charge in [-0.2, -0.15) is 14.0 Å². The molecule has 0 amide bonds. The van der Waals surface area contributed by atoms with Crippen LogP contribution in [0.4, 0.5) is 0 Å².